The molecule has 3 aromatic heterocycles. The van der Waals surface area contributed by atoms with Crippen LogP contribution in [0.1, 0.15) is 49.7 Å². The van der Waals surface area contributed by atoms with Crippen LogP contribution < -0.4 is 67.8 Å². The van der Waals surface area contributed by atoms with Crippen molar-refractivity contribution in [2.75, 3.05) is 0 Å². The van der Waals surface area contributed by atoms with Crippen molar-refractivity contribution in [1.82, 2.24) is 29.9 Å². The average molecular weight is 754 g/mol. The van der Waals surface area contributed by atoms with E-state index in [4.69, 9.17) is 47.4 Å². The van der Waals surface area contributed by atoms with E-state index in [1.54, 1.807) is 18.6 Å². The zero-order chi connectivity index (χ0) is 34.4. The summed E-state index contributed by atoms with van der Waals surface area (Å²) in [6, 6.07) is -2.92. The van der Waals surface area contributed by atoms with Crippen LogP contribution in [0.25, 0.3) is 0 Å². The third-order valence-electron chi connectivity index (χ3n) is 5.34. The van der Waals surface area contributed by atoms with Gasteiger partial charge in [0, 0.05) is 60.8 Å². The second-order valence-corrected chi connectivity index (χ2v) is 10.0. The first-order chi connectivity index (χ1) is 21.2. The molecule has 1 amide bonds. The number of hydrogen-bond acceptors (Lipinski definition) is 15. The zero-order valence-corrected chi connectivity index (χ0v) is 32.8. The molecule has 0 saturated heterocycles. The van der Waals surface area contributed by atoms with Crippen LogP contribution in [0.15, 0.2) is 37.6 Å². The number of nitrogens with zero attached hydrogens (tertiary/aromatic N) is 3. The summed E-state index contributed by atoms with van der Waals surface area (Å²) < 4.78 is 0. The first-order valence-electron chi connectivity index (χ1n) is 13.4. The van der Waals surface area contributed by atoms with Gasteiger partial charge in [-0.15, -0.1) is 0 Å². The first kappa shape index (κ1) is 48.6. The number of rotatable bonds is 15. The molecule has 11 N–H and O–H groups in total. The van der Waals surface area contributed by atoms with E-state index < -0.39 is 41.9 Å². The van der Waals surface area contributed by atoms with Gasteiger partial charge in [0.1, 0.15) is 4.86 Å². The number of aliphatic carboxylic acids is 3. The predicted octanol–water partition coefficient (Wildman–Crippen LogP) is -7.12. The van der Waals surface area contributed by atoms with Crippen LogP contribution in [0.4, 0.5) is 0 Å². The molecule has 3 aromatic rings. The second-order valence-electron chi connectivity index (χ2n) is 9.14. The SMILES string of the molecule is CCCCCC(=S)C(=S)C(N)=O.N[C@@H](Cc1c[nH]cn1)C(=O)[O-].N[C@@H](Cc1c[nH]cn1)C(=O)[O-].N[C@@H](Cc1c[nH]cn1)C(=O)[O-].[Na+].[Zn+2]. The van der Waals surface area contributed by atoms with Gasteiger partial charge in [0.25, 0.3) is 5.91 Å². The molecule has 0 fully saturated rings. The van der Waals surface area contributed by atoms with E-state index in [1.165, 1.54) is 19.0 Å². The number of aromatic nitrogens is 6. The first-order valence-corrected chi connectivity index (χ1v) is 14.2. The number of amides is 1. The molecular formula is C26H37N10NaO7S2Zn. The molecule has 3 atom stereocenters. The Morgan fingerprint density at radius 1 is 0.723 bits per heavy atom. The Morgan fingerprint density at radius 3 is 1.26 bits per heavy atom. The minimum absolute atomic E-state index is 0. The molecule has 0 saturated carbocycles. The van der Waals surface area contributed by atoms with Gasteiger partial charge in [-0.2, -0.15) is 0 Å². The third kappa shape index (κ3) is 24.1. The van der Waals surface area contributed by atoms with E-state index in [0.717, 1.165) is 19.3 Å². The fourth-order valence-electron chi connectivity index (χ4n) is 2.92. The number of carbonyl (C=O) groups is 4. The number of primary amides is 1. The van der Waals surface area contributed by atoms with Crippen LogP contribution in [0, 0.1) is 0 Å². The third-order valence-corrected chi connectivity index (χ3v) is 6.33. The van der Waals surface area contributed by atoms with Crippen molar-refractivity contribution in [3.8, 4) is 0 Å². The Bertz CT molecular complexity index is 1190. The average Bonchev–Trinajstić information content (AvgIpc) is 3.79. The number of imidazole rings is 3. The van der Waals surface area contributed by atoms with Gasteiger partial charge < -0.3 is 67.6 Å². The minimum atomic E-state index is -1.26. The molecule has 0 aliphatic rings. The number of carboxylic acids is 3. The van der Waals surface area contributed by atoms with Gasteiger partial charge in [0.05, 0.1) is 54.0 Å². The molecule has 21 heteroatoms. The maximum absolute atomic E-state index is 10.6. The summed E-state index contributed by atoms with van der Waals surface area (Å²) in [4.78, 5) is 61.2. The number of unbranched alkanes of at least 4 members (excludes halogenated alkanes) is 2. The Balaban J connectivity index is -0.000000542. The van der Waals surface area contributed by atoms with Gasteiger partial charge >= 0.3 is 49.0 Å². The number of carboxylic acid groups (broad SMARTS) is 3. The minimum Gasteiger partial charge on any atom is -0.548 e. The normalized spacial score (nSPS) is 11.4. The summed E-state index contributed by atoms with van der Waals surface area (Å²) in [5.74, 6) is -4.35. The number of carbonyl (C=O) groups excluding carboxylic acids is 4. The van der Waals surface area contributed by atoms with Crippen molar-refractivity contribution in [1.29, 1.82) is 0 Å². The van der Waals surface area contributed by atoms with E-state index in [1.807, 2.05) is 0 Å². The van der Waals surface area contributed by atoms with Crippen molar-refractivity contribution < 1.29 is 83.5 Å². The fraction of sp³-hybridized carbons (Fsp3) is 0.423. The van der Waals surface area contributed by atoms with E-state index in [2.05, 4.69) is 36.8 Å². The van der Waals surface area contributed by atoms with Crippen LogP contribution in [0.3, 0.4) is 0 Å². The summed E-state index contributed by atoms with van der Waals surface area (Å²) in [5.41, 5.74) is 22.4. The van der Waals surface area contributed by atoms with Gasteiger partial charge in [0.15, 0.2) is 0 Å². The molecule has 0 aliphatic carbocycles. The molecule has 3 rings (SSSR count). The Morgan fingerprint density at radius 2 is 1.04 bits per heavy atom. The van der Waals surface area contributed by atoms with Gasteiger partial charge in [-0.1, -0.05) is 44.2 Å². The van der Waals surface area contributed by atoms with Crippen molar-refractivity contribution >= 4 is 58.0 Å². The molecule has 47 heavy (non-hydrogen) atoms. The topological polar surface area (TPSA) is 328 Å². The molecule has 0 radical (unpaired) electrons. The van der Waals surface area contributed by atoms with Crippen molar-refractivity contribution in [3.05, 3.63) is 54.7 Å². The largest absolute Gasteiger partial charge is 2.00 e. The van der Waals surface area contributed by atoms with Crippen molar-refractivity contribution in [2.24, 2.45) is 22.9 Å². The molecule has 0 aliphatic heterocycles. The van der Waals surface area contributed by atoms with E-state index >= 15 is 0 Å². The Kier molecular flexibility index (Phi) is 29.2. The summed E-state index contributed by atoms with van der Waals surface area (Å²) in [5, 5.41) is 30.5. The Labute approximate surface area is 316 Å². The number of nitrogens with two attached hydrogens (primary N) is 4. The zero-order valence-electron chi connectivity index (χ0n) is 26.2. The van der Waals surface area contributed by atoms with Crippen LogP contribution in [0.2, 0.25) is 0 Å². The summed E-state index contributed by atoms with van der Waals surface area (Å²) in [7, 11) is 0. The van der Waals surface area contributed by atoms with Gasteiger partial charge in [-0.3, -0.25) is 4.79 Å². The standard InChI is InChI=1S/C8H13NOS2.3C6H9N3O2.Na.Zn/c1-2-3-4-5-6(11)7(12)8(9)10;3*7-5(6(10)11)1-4-2-8-3-9-4;;/h2-5H2,1H3,(H2,9,10);3*2-3,5H,1,7H2,(H,8,9)(H,10,11);;/q;;;;+1;+2/p-3/t;3*5-;;/m.000../s1. The van der Waals surface area contributed by atoms with E-state index in [0.29, 0.717) is 28.4 Å². The smallest absolute Gasteiger partial charge is 0.548 e. The summed E-state index contributed by atoms with van der Waals surface area (Å²) >= 11 is 9.66. The molecule has 17 nitrogen and oxygen atoms in total. The Hall–Kier alpha value is -2.81. The van der Waals surface area contributed by atoms with Crippen LogP contribution in [0.5, 0.6) is 0 Å². The van der Waals surface area contributed by atoms with E-state index in [9.17, 15) is 34.5 Å². The maximum Gasteiger partial charge on any atom is 2.00 e. The maximum atomic E-state index is 10.6. The second kappa shape index (κ2) is 28.2. The quantitative estimate of drug-likeness (QED) is 0.0431. The fourth-order valence-corrected chi connectivity index (χ4v) is 3.27. The molecular weight excluding hydrogens is 717 g/mol. The molecule has 0 bridgehead atoms. The molecule has 0 spiro atoms. The number of nitrogens with one attached hydrogen (secondary N) is 3. The van der Waals surface area contributed by atoms with E-state index in [-0.39, 0.29) is 73.2 Å². The molecule has 0 unspecified atom stereocenters. The molecule has 0 aromatic carbocycles. The summed E-state index contributed by atoms with van der Waals surface area (Å²) in [6.07, 6.45) is 13.8. The van der Waals surface area contributed by atoms with Crippen LogP contribution >= 0.6 is 24.4 Å². The summed E-state index contributed by atoms with van der Waals surface area (Å²) in [6.45, 7) is 2.11. The number of hydrogen-bond donors (Lipinski definition) is 7. The molecule has 3 heterocycles. The van der Waals surface area contributed by atoms with Crippen LogP contribution in [-0.2, 0) is 57.9 Å². The monoisotopic (exact) mass is 752 g/mol. The van der Waals surface area contributed by atoms with Crippen molar-refractivity contribution in [3.63, 3.8) is 0 Å². The van der Waals surface area contributed by atoms with Gasteiger partial charge in [-0.05, 0) is 12.8 Å². The molecule has 248 valence electrons. The van der Waals surface area contributed by atoms with Gasteiger partial charge in [0.2, 0.25) is 0 Å². The van der Waals surface area contributed by atoms with Crippen LogP contribution in [-0.4, -0.2) is 81.6 Å². The van der Waals surface area contributed by atoms with Gasteiger partial charge in [-0.25, -0.2) is 15.0 Å². The number of thiocarbonyl (C=S) groups is 2. The predicted molar refractivity (Wildman–Crippen MR) is 164 cm³/mol. The number of aromatic amines is 3. The number of H-pyrrole nitrogens is 3. The van der Waals surface area contributed by atoms with Crippen molar-refractivity contribution in [2.45, 2.75) is 70.0 Å².